The third-order valence-corrected chi connectivity index (χ3v) is 7.13. The molecule has 0 radical (unpaired) electrons. The lowest BCUT2D eigenvalue weighted by Gasteiger charge is -2.27. The highest BCUT2D eigenvalue weighted by Crippen LogP contribution is 2.33. The maximum Gasteiger partial charge on any atom is 0.335 e. The van der Waals surface area contributed by atoms with E-state index in [-0.39, 0.29) is 17.5 Å². The average Bonchev–Trinajstić information content (AvgIpc) is 3.40. The van der Waals surface area contributed by atoms with Gasteiger partial charge >= 0.3 is 11.9 Å². The Balaban J connectivity index is 1.64. The lowest BCUT2D eigenvalue weighted by molar-refractivity contribution is -0.143. The Labute approximate surface area is 196 Å². The third kappa shape index (κ3) is 4.76. The molecule has 2 aromatic heterocycles. The van der Waals surface area contributed by atoms with Crippen molar-refractivity contribution in [1.29, 1.82) is 0 Å². The predicted molar refractivity (Wildman–Crippen MR) is 122 cm³/mol. The van der Waals surface area contributed by atoms with Gasteiger partial charge in [-0.05, 0) is 71.6 Å². The van der Waals surface area contributed by atoms with Crippen LogP contribution in [-0.2, 0) is 4.79 Å². The zero-order chi connectivity index (χ0) is 22.8. The second kappa shape index (κ2) is 9.25. The number of aromatic carboxylic acids is 1. The standard InChI is InChI=1S/C22H20BrN3O5S/c23-18-9-8-17(32-18)19-16(20(27)24-14-3-1-2-13(10-14)22(30)31)11-26(25-19)15-6-4-12(5-7-15)21(28)29/h4-9,11,13-14H,1-3,10H2,(H,24,27)(H,28,29)(H,30,31)/t13-,14+/m0/s1. The minimum absolute atomic E-state index is 0.159. The Morgan fingerprint density at radius 2 is 1.84 bits per heavy atom. The fourth-order valence-electron chi connectivity index (χ4n) is 3.86. The van der Waals surface area contributed by atoms with Gasteiger partial charge in [0.25, 0.3) is 5.91 Å². The number of nitrogens with one attached hydrogen (secondary N) is 1. The van der Waals surface area contributed by atoms with Crippen LogP contribution >= 0.6 is 27.3 Å². The van der Waals surface area contributed by atoms with Gasteiger partial charge in [-0.15, -0.1) is 11.3 Å². The van der Waals surface area contributed by atoms with Crippen LogP contribution in [0.25, 0.3) is 16.3 Å². The largest absolute Gasteiger partial charge is 0.481 e. The zero-order valence-corrected chi connectivity index (χ0v) is 19.2. The summed E-state index contributed by atoms with van der Waals surface area (Å²) < 4.78 is 2.44. The van der Waals surface area contributed by atoms with Gasteiger partial charge in [0.15, 0.2) is 0 Å². The number of nitrogens with zero attached hydrogens (tertiary/aromatic N) is 2. The van der Waals surface area contributed by atoms with E-state index in [2.05, 4.69) is 26.3 Å². The highest BCUT2D eigenvalue weighted by Gasteiger charge is 2.29. The van der Waals surface area contributed by atoms with E-state index in [1.165, 1.54) is 23.5 Å². The average molecular weight is 518 g/mol. The van der Waals surface area contributed by atoms with E-state index in [9.17, 15) is 19.5 Å². The monoisotopic (exact) mass is 517 g/mol. The molecule has 2 heterocycles. The second-order valence-electron chi connectivity index (χ2n) is 7.66. The molecule has 8 nitrogen and oxygen atoms in total. The van der Waals surface area contributed by atoms with Crippen molar-refractivity contribution in [2.45, 2.75) is 31.7 Å². The quantitative estimate of drug-likeness (QED) is 0.444. The molecule has 0 aliphatic heterocycles. The number of aromatic nitrogens is 2. The number of carbonyl (C=O) groups is 3. The number of thiophene rings is 1. The first-order chi connectivity index (χ1) is 15.3. The topological polar surface area (TPSA) is 122 Å². The molecule has 1 aliphatic carbocycles. The van der Waals surface area contributed by atoms with Crippen molar-refractivity contribution in [1.82, 2.24) is 15.1 Å². The molecule has 0 bridgehead atoms. The van der Waals surface area contributed by atoms with Gasteiger partial charge < -0.3 is 15.5 Å². The van der Waals surface area contributed by atoms with Gasteiger partial charge in [-0.3, -0.25) is 9.59 Å². The number of carboxylic acids is 2. The summed E-state index contributed by atoms with van der Waals surface area (Å²) >= 11 is 4.88. The fourth-order valence-corrected chi connectivity index (χ4v) is 5.25. The molecule has 166 valence electrons. The van der Waals surface area contributed by atoms with E-state index in [0.717, 1.165) is 21.5 Å². The molecule has 32 heavy (non-hydrogen) atoms. The molecule has 1 fully saturated rings. The van der Waals surface area contributed by atoms with Crippen molar-refractivity contribution in [2.24, 2.45) is 5.92 Å². The van der Waals surface area contributed by atoms with Crippen LogP contribution < -0.4 is 5.32 Å². The summed E-state index contributed by atoms with van der Waals surface area (Å²) in [5.41, 5.74) is 1.66. The van der Waals surface area contributed by atoms with Crippen molar-refractivity contribution in [3.05, 3.63) is 57.5 Å². The summed E-state index contributed by atoms with van der Waals surface area (Å²) in [5.74, 6) is -2.61. The minimum atomic E-state index is -1.02. The molecule has 1 saturated carbocycles. The minimum Gasteiger partial charge on any atom is -0.481 e. The Kier molecular flexibility index (Phi) is 6.43. The summed E-state index contributed by atoms with van der Waals surface area (Å²) in [6.45, 7) is 0. The molecule has 4 rings (SSSR count). The molecule has 1 aromatic carbocycles. The van der Waals surface area contributed by atoms with Gasteiger partial charge in [0.2, 0.25) is 0 Å². The van der Waals surface area contributed by atoms with Crippen LogP contribution in [0.15, 0.2) is 46.4 Å². The van der Waals surface area contributed by atoms with E-state index in [1.807, 2.05) is 12.1 Å². The van der Waals surface area contributed by atoms with Crippen LogP contribution in [0.5, 0.6) is 0 Å². The van der Waals surface area contributed by atoms with Crippen molar-refractivity contribution >= 4 is 45.1 Å². The number of aliphatic carboxylic acids is 1. The highest BCUT2D eigenvalue weighted by molar-refractivity contribution is 9.11. The third-order valence-electron chi connectivity index (χ3n) is 5.50. The first-order valence-corrected chi connectivity index (χ1v) is 11.7. The number of hydrogen-bond acceptors (Lipinski definition) is 5. The molecular weight excluding hydrogens is 498 g/mol. The van der Waals surface area contributed by atoms with Crippen molar-refractivity contribution in [3.8, 4) is 16.3 Å². The highest BCUT2D eigenvalue weighted by atomic mass is 79.9. The number of rotatable bonds is 6. The summed E-state index contributed by atoms with van der Waals surface area (Å²) in [4.78, 5) is 36.5. The van der Waals surface area contributed by atoms with Crippen molar-refractivity contribution < 1.29 is 24.6 Å². The number of benzene rings is 1. The predicted octanol–water partition coefficient (Wildman–Crippen LogP) is 4.43. The van der Waals surface area contributed by atoms with Crippen LogP contribution in [-0.4, -0.2) is 43.9 Å². The molecule has 3 aromatic rings. The maximum atomic E-state index is 13.2. The SMILES string of the molecule is O=C(O)c1ccc(-n2cc(C(=O)N[C@@H]3CCC[C@H](C(=O)O)C3)c(-c3ccc(Br)s3)n2)cc1. The van der Waals surface area contributed by atoms with Crippen LogP contribution in [0.3, 0.4) is 0 Å². The van der Waals surface area contributed by atoms with E-state index < -0.39 is 17.9 Å². The van der Waals surface area contributed by atoms with E-state index >= 15 is 0 Å². The van der Waals surface area contributed by atoms with Crippen LogP contribution in [0.4, 0.5) is 0 Å². The summed E-state index contributed by atoms with van der Waals surface area (Å²) in [7, 11) is 0. The van der Waals surface area contributed by atoms with Crippen LogP contribution in [0.2, 0.25) is 0 Å². The Bertz CT molecular complexity index is 1170. The van der Waals surface area contributed by atoms with Gasteiger partial charge in [0.1, 0.15) is 5.69 Å². The molecule has 0 unspecified atom stereocenters. The lowest BCUT2D eigenvalue weighted by atomic mass is 9.85. The van der Waals surface area contributed by atoms with Gasteiger partial charge in [0, 0.05) is 12.2 Å². The summed E-state index contributed by atoms with van der Waals surface area (Å²) in [6.07, 6.45) is 4.14. The Morgan fingerprint density at radius 1 is 1.09 bits per heavy atom. The molecule has 2 atom stereocenters. The molecule has 10 heteroatoms. The fraction of sp³-hybridized carbons (Fsp3) is 0.273. The van der Waals surface area contributed by atoms with Gasteiger partial charge in [-0.2, -0.15) is 5.10 Å². The van der Waals surface area contributed by atoms with E-state index in [1.54, 1.807) is 23.0 Å². The number of halogens is 1. The summed E-state index contributed by atoms with van der Waals surface area (Å²) in [5, 5.41) is 26.0. The van der Waals surface area contributed by atoms with Gasteiger partial charge in [0.05, 0.1) is 31.4 Å². The Morgan fingerprint density at radius 3 is 2.47 bits per heavy atom. The second-order valence-corrected chi connectivity index (χ2v) is 10.1. The van der Waals surface area contributed by atoms with Crippen molar-refractivity contribution in [2.75, 3.05) is 0 Å². The van der Waals surface area contributed by atoms with E-state index in [4.69, 9.17) is 5.11 Å². The van der Waals surface area contributed by atoms with Crippen LogP contribution in [0, 0.1) is 5.92 Å². The number of hydrogen-bond donors (Lipinski definition) is 3. The summed E-state index contributed by atoms with van der Waals surface area (Å²) in [6, 6.07) is 9.76. The van der Waals surface area contributed by atoms with Crippen molar-refractivity contribution in [3.63, 3.8) is 0 Å². The number of carboxylic acid groups (broad SMARTS) is 2. The molecular formula is C22H20BrN3O5S. The zero-order valence-electron chi connectivity index (χ0n) is 16.8. The maximum absolute atomic E-state index is 13.2. The first-order valence-electron chi connectivity index (χ1n) is 10.0. The normalized spacial score (nSPS) is 18.3. The molecule has 1 amide bonds. The smallest absolute Gasteiger partial charge is 0.335 e. The van der Waals surface area contributed by atoms with Gasteiger partial charge in [-0.25, -0.2) is 9.48 Å². The van der Waals surface area contributed by atoms with Gasteiger partial charge in [-0.1, -0.05) is 6.42 Å². The molecule has 0 saturated heterocycles. The van der Waals surface area contributed by atoms with E-state index in [0.29, 0.717) is 29.8 Å². The Hall–Kier alpha value is -2.98. The number of carbonyl (C=O) groups excluding carboxylic acids is 1. The lowest BCUT2D eigenvalue weighted by Crippen LogP contribution is -2.40. The number of amides is 1. The first kappa shape index (κ1) is 22.2. The molecule has 0 spiro atoms. The molecule has 1 aliphatic rings. The van der Waals surface area contributed by atoms with Crippen LogP contribution in [0.1, 0.15) is 46.4 Å². The molecule has 3 N–H and O–H groups in total.